The van der Waals surface area contributed by atoms with E-state index in [1.54, 1.807) is 12.1 Å². The van der Waals surface area contributed by atoms with Crippen molar-refractivity contribution in [2.24, 2.45) is 0 Å². The van der Waals surface area contributed by atoms with Crippen LogP contribution in [0.5, 0.6) is 5.75 Å². The van der Waals surface area contributed by atoms with Crippen molar-refractivity contribution in [2.45, 2.75) is 31.7 Å². The number of benzene rings is 3. The first-order valence-electron chi connectivity index (χ1n) is 12.3. The van der Waals surface area contributed by atoms with Crippen molar-refractivity contribution in [3.8, 4) is 5.75 Å². The van der Waals surface area contributed by atoms with Crippen LogP contribution in [-0.2, 0) is 17.9 Å². The molecule has 2 aliphatic rings. The fourth-order valence-corrected chi connectivity index (χ4v) is 5.00. The van der Waals surface area contributed by atoms with Gasteiger partial charge >= 0.3 is 0 Å². The van der Waals surface area contributed by atoms with Crippen LogP contribution in [0.3, 0.4) is 0 Å². The van der Waals surface area contributed by atoms with Crippen LogP contribution in [0.25, 0.3) is 6.08 Å². The second-order valence-electron chi connectivity index (χ2n) is 9.40. The second-order valence-corrected chi connectivity index (χ2v) is 9.40. The number of amides is 1. The molecule has 1 amide bonds. The van der Waals surface area contributed by atoms with Crippen LogP contribution in [0.15, 0.2) is 84.9 Å². The molecule has 36 heavy (non-hydrogen) atoms. The topological polar surface area (TPSA) is 70.1 Å². The molecule has 2 heterocycles. The Labute approximate surface area is 211 Å². The number of ketones is 1. The highest BCUT2D eigenvalue weighted by atomic mass is 16.5. The van der Waals surface area contributed by atoms with E-state index in [9.17, 15) is 9.59 Å². The van der Waals surface area contributed by atoms with Crippen molar-refractivity contribution in [1.82, 2.24) is 9.80 Å². The molecule has 1 spiro atoms. The summed E-state index contributed by atoms with van der Waals surface area (Å²) >= 11 is 0. The molecule has 1 N–H and O–H groups in total. The summed E-state index contributed by atoms with van der Waals surface area (Å²) in [4.78, 5) is 29.7. The van der Waals surface area contributed by atoms with Crippen LogP contribution in [0.1, 0.15) is 39.9 Å². The summed E-state index contributed by atoms with van der Waals surface area (Å²) in [5.74, 6) is 0.119. The molecule has 0 aromatic heterocycles. The average Bonchev–Trinajstić information content (AvgIpc) is 2.92. The summed E-state index contributed by atoms with van der Waals surface area (Å²) in [5.41, 5.74) is 2.81. The summed E-state index contributed by atoms with van der Waals surface area (Å²) in [7, 11) is 0. The van der Waals surface area contributed by atoms with Gasteiger partial charge in [0.05, 0.1) is 5.56 Å². The zero-order chi connectivity index (χ0) is 25.0. The van der Waals surface area contributed by atoms with Crippen molar-refractivity contribution >= 4 is 17.8 Å². The highest BCUT2D eigenvalue weighted by molar-refractivity contribution is 5.99. The van der Waals surface area contributed by atoms with E-state index in [0.29, 0.717) is 36.3 Å². The second kappa shape index (κ2) is 10.5. The molecule has 184 valence electrons. The molecule has 5 rings (SSSR count). The molecule has 3 aromatic rings. The zero-order valence-corrected chi connectivity index (χ0v) is 20.2. The molecule has 0 atom stereocenters. The van der Waals surface area contributed by atoms with E-state index in [1.165, 1.54) is 11.6 Å². The van der Waals surface area contributed by atoms with Gasteiger partial charge in [0.1, 0.15) is 12.4 Å². The van der Waals surface area contributed by atoms with E-state index < -0.39 is 12.3 Å². The Balaban J connectivity index is 1.42. The third kappa shape index (κ3) is 5.10. The van der Waals surface area contributed by atoms with Gasteiger partial charge in [0.25, 0.3) is 5.91 Å². The maximum absolute atomic E-state index is 13.9. The molecule has 0 unspecified atom stereocenters. The number of nitrogens with zero attached hydrogens (tertiary/aromatic N) is 2. The predicted octanol–water partition coefficient (Wildman–Crippen LogP) is 4.29. The lowest BCUT2D eigenvalue weighted by Gasteiger charge is -2.51. The van der Waals surface area contributed by atoms with E-state index >= 15 is 0 Å². The molecule has 2 aliphatic heterocycles. The number of piperidine rings is 1. The standard InChI is InChI=1S/C30H30N2O4/c33-22-26(34)13-11-23-12-14-28-27(19-23)29(35)32(21-25-9-5-2-6-10-25)30(36-28)15-17-31(18-16-30)20-24-7-3-1-4-8-24/h1-14,19,33H,15-18,20-22H2/b13-11+. The number of hydrogen-bond donors (Lipinski definition) is 1. The van der Waals surface area contributed by atoms with Crippen LogP contribution in [0.4, 0.5) is 0 Å². The van der Waals surface area contributed by atoms with E-state index in [0.717, 1.165) is 25.2 Å². The molecule has 3 aromatic carbocycles. The van der Waals surface area contributed by atoms with Crippen molar-refractivity contribution in [3.63, 3.8) is 0 Å². The number of carbonyl (C=O) groups excluding carboxylic acids is 2. The first kappa shape index (κ1) is 24.0. The normalized spacial score (nSPS) is 17.2. The lowest BCUT2D eigenvalue weighted by molar-refractivity contribution is -0.117. The van der Waals surface area contributed by atoms with Crippen LogP contribution in [0, 0.1) is 0 Å². The smallest absolute Gasteiger partial charge is 0.261 e. The Morgan fingerprint density at radius 1 is 0.917 bits per heavy atom. The first-order chi connectivity index (χ1) is 17.6. The Kier molecular flexibility index (Phi) is 6.98. The van der Waals surface area contributed by atoms with Crippen LogP contribution in [-0.4, -0.2) is 52.0 Å². The Morgan fingerprint density at radius 2 is 1.56 bits per heavy atom. The molecule has 0 saturated carbocycles. The summed E-state index contributed by atoms with van der Waals surface area (Å²) in [6.07, 6.45) is 4.36. The quantitative estimate of drug-likeness (QED) is 0.509. The molecule has 6 nitrogen and oxygen atoms in total. The molecular formula is C30H30N2O4. The van der Waals surface area contributed by atoms with E-state index in [2.05, 4.69) is 29.2 Å². The van der Waals surface area contributed by atoms with Crippen molar-refractivity contribution in [3.05, 3.63) is 107 Å². The molecule has 1 fully saturated rings. The minimum atomic E-state index is -0.711. The molecule has 0 aliphatic carbocycles. The number of aliphatic hydroxyl groups is 1. The van der Waals surface area contributed by atoms with Gasteiger partial charge in [-0.25, -0.2) is 0 Å². The van der Waals surface area contributed by atoms with Crippen molar-refractivity contribution < 1.29 is 19.4 Å². The lowest BCUT2D eigenvalue weighted by atomic mass is 9.93. The SMILES string of the molecule is O=C(/C=C/c1ccc2c(c1)C(=O)N(Cc1ccccc1)C1(CCN(Cc3ccccc3)CC1)O2)CO. The zero-order valence-electron chi connectivity index (χ0n) is 20.2. The maximum atomic E-state index is 13.9. The van der Waals surface area contributed by atoms with E-state index in [4.69, 9.17) is 9.84 Å². The van der Waals surface area contributed by atoms with Gasteiger partial charge in [0.15, 0.2) is 11.5 Å². The summed E-state index contributed by atoms with van der Waals surface area (Å²) in [6, 6.07) is 25.8. The van der Waals surface area contributed by atoms with E-state index in [-0.39, 0.29) is 11.7 Å². The van der Waals surface area contributed by atoms with Gasteiger partial charge < -0.3 is 9.84 Å². The fraction of sp³-hybridized carbons (Fsp3) is 0.267. The summed E-state index contributed by atoms with van der Waals surface area (Å²) < 4.78 is 6.66. The number of rotatable bonds is 7. The van der Waals surface area contributed by atoms with Crippen LogP contribution < -0.4 is 4.74 Å². The van der Waals surface area contributed by atoms with Crippen molar-refractivity contribution in [2.75, 3.05) is 19.7 Å². The third-order valence-electron chi connectivity index (χ3n) is 6.96. The fourth-order valence-electron chi connectivity index (χ4n) is 5.00. The van der Waals surface area contributed by atoms with E-state index in [1.807, 2.05) is 53.4 Å². The highest BCUT2D eigenvalue weighted by Crippen LogP contribution is 2.41. The number of ether oxygens (including phenoxy) is 1. The molecule has 0 radical (unpaired) electrons. The minimum absolute atomic E-state index is 0.0691. The van der Waals surface area contributed by atoms with Gasteiger partial charge in [-0.15, -0.1) is 0 Å². The van der Waals surface area contributed by atoms with Crippen LogP contribution in [0.2, 0.25) is 0 Å². The Morgan fingerprint density at radius 3 is 2.19 bits per heavy atom. The number of carbonyl (C=O) groups is 2. The summed E-state index contributed by atoms with van der Waals surface area (Å²) in [6.45, 7) is 2.45. The Bertz CT molecular complexity index is 1250. The van der Waals surface area contributed by atoms with Gasteiger partial charge in [0.2, 0.25) is 0 Å². The monoisotopic (exact) mass is 482 g/mol. The number of hydrogen-bond acceptors (Lipinski definition) is 5. The van der Waals surface area contributed by atoms with Gasteiger partial charge in [-0.1, -0.05) is 72.8 Å². The number of aliphatic hydroxyl groups excluding tert-OH is 1. The van der Waals surface area contributed by atoms with Crippen LogP contribution >= 0.6 is 0 Å². The molecule has 0 bridgehead atoms. The lowest BCUT2D eigenvalue weighted by Crippen LogP contribution is -2.62. The Hall–Kier alpha value is -3.74. The van der Waals surface area contributed by atoms with Gasteiger partial charge in [-0.2, -0.15) is 0 Å². The van der Waals surface area contributed by atoms with Gasteiger partial charge in [-0.3, -0.25) is 19.4 Å². The van der Waals surface area contributed by atoms with Crippen molar-refractivity contribution in [1.29, 1.82) is 0 Å². The van der Waals surface area contributed by atoms with Gasteiger partial charge in [-0.05, 0) is 34.9 Å². The molecule has 6 heteroatoms. The number of likely N-dealkylation sites (tertiary alicyclic amines) is 1. The first-order valence-corrected chi connectivity index (χ1v) is 12.3. The average molecular weight is 483 g/mol. The molecular weight excluding hydrogens is 452 g/mol. The largest absolute Gasteiger partial charge is 0.467 e. The van der Waals surface area contributed by atoms with Gasteiger partial charge in [0, 0.05) is 39.0 Å². The highest BCUT2D eigenvalue weighted by Gasteiger charge is 2.48. The minimum Gasteiger partial charge on any atom is -0.467 e. The molecule has 1 saturated heterocycles. The number of fused-ring (bicyclic) bond motifs is 1. The maximum Gasteiger partial charge on any atom is 0.261 e. The predicted molar refractivity (Wildman–Crippen MR) is 138 cm³/mol. The third-order valence-corrected chi connectivity index (χ3v) is 6.96. The summed E-state index contributed by atoms with van der Waals surface area (Å²) in [5, 5.41) is 8.98.